The fraction of sp³-hybridized carbons (Fsp3) is 0.0909. The van der Waals surface area contributed by atoms with Crippen LogP contribution in [0.5, 0.6) is 0 Å². The van der Waals surface area contributed by atoms with Crippen molar-refractivity contribution in [3.05, 3.63) is 40.3 Å². The minimum absolute atomic E-state index is 0.321. The van der Waals surface area contributed by atoms with Crippen molar-refractivity contribution in [1.82, 2.24) is 9.89 Å². The number of hydrogen-bond acceptors (Lipinski definition) is 4. The van der Waals surface area contributed by atoms with E-state index in [0.717, 1.165) is 0 Å². The van der Waals surface area contributed by atoms with Crippen LogP contribution in [0.2, 0.25) is 0 Å². The van der Waals surface area contributed by atoms with Gasteiger partial charge < -0.3 is 9.73 Å². The van der Waals surface area contributed by atoms with E-state index in [1.54, 1.807) is 25.1 Å². The lowest BCUT2D eigenvalue weighted by molar-refractivity contribution is 0.190. The molecule has 0 radical (unpaired) electrons. The normalized spacial score (nSPS) is 11.3. The number of benzene rings is 1. The highest BCUT2D eigenvalue weighted by Gasteiger charge is 2.15. The van der Waals surface area contributed by atoms with Gasteiger partial charge in [-0.1, -0.05) is 17.3 Å². The summed E-state index contributed by atoms with van der Waals surface area (Å²) < 4.78 is 5.75. The van der Waals surface area contributed by atoms with Crippen LogP contribution in [-0.4, -0.2) is 15.1 Å². The van der Waals surface area contributed by atoms with Gasteiger partial charge in [0.25, 0.3) is 5.56 Å². The number of pyridine rings is 1. The molecule has 5 nitrogen and oxygen atoms in total. The molecule has 1 aromatic carbocycles. The van der Waals surface area contributed by atoms with Crippen LogP contribution in [0, 0.1) is 6.92 Å². The molecule has 5 heteroatoms. The van der Waals surface area contributed by atoms with Crippen molar-refractivity contribution in [2.75, 3.05) is 0 Å². The van der Waals surface area contributed by atoms with Crippen LogP contribution in [-0.2, 0) is 0 Å². The second-order valence-electron chi connectivity index (χ2n) is 3.61. The molecule has 80 valence electrons. The molecule has 16 heavy (non-hydrogen) atoms. The Labute approximate surface area is 89.5 Å². The maximum Gasteiger partial charge on any atom is 0.296 e. The Balaban J connectivity index is 2.76. The van der Waals surface area contributed by atoms with E-state index < -0.39 is 5.56 Å². The Bertz CT molecular complexity index is 755. The Kier molecular flexibility index (Phi) is 1.60. The highest BCUT2D eigenvalue weighted by atomic mass is 16.5. The van der Waals surface area contributed by atoms with Gasteiger partial charge in [-0.3, -0.25) is 4.79 Å². The maximum absolute atomic E-state index is 11.8. The fourth-order valence-electron chi connectivity index (χ4n) is 1.87. The lowest BCUT2D eigenvalue weighted by Crippen LogP contribution is -2.18. The standard InChI is InChI=1S/C11H8N2O3/c1-6-9-10(16-12-6)7-4-2-3-5-8(7)13(15)11(9)14/h2-5,15H,1H3. The molecule has 3 rings (SSSR count). The van der Waals surface area contributed by atoms with E-state index in [9.17, 15) is 10.0 Å². The second kappa shape index (κ2) is 2.85. The van der Waals surface area contributed by atoms with Crippen molar-refractivity contribution in [2.45, 2.75) is 6.92 Å². The van der Waals surface area contributed by atoms with Crippen molar-refractivity contribution in [1.29, 1.82) is 0 Å². The molecule has 0 aliphatic heterocycles. The largest absolute Gasteiger partial charge is 0.425 e. The van der Waals surface area contributed by atoms with Gasteiger partial charge in [0.2, 0.25) is 0 Å². The molecule has 0 unspecified atom stereocenters. The van der Waals surface area contributed by atoms with E-state index in [2.05, 4.69) is 5.16 Å². The maximum atomic E-state index is 11.8. The third-order valence-corrected chi connectivity index (χ3v) is 2.65. The number of fused-ring (bicyclic) bond motifs is 3. The van der Waals surface area contributed by atoms with Crippen molar-refractivity contribution in [2.24, 2.45) is 0 Å². The molecule has 2 heterocycles. The monoisotopic (exact) mass is 216 g/mol. The van der Waals surface area contributed by atoms with Gasteiger partial charge in [0.05, 0.1) is 11.2 Å². The van der Waals surface area contributed by atoms with Gasteiger partial charge in [-0.15, -0.1) is 4.73 Å². The molecule has 0 bridgehead atoms. The van der Waals surface area contributed by atoms with Crippen LogP contribution >= 0.6 is 0 Å². The highest BCUT2D eigenvalue weighted by molar-refractivity contribution is 6.02. The fourth-order valence-corrected chi connectivity index (χ4v) is 1.87. The quantitative estimate of drug-likeness (QED) is 0.580. The number of para-hydroxylation sites is 1. The van der Waals surface area contributed by atoms with E-state index in [0.29, 0.717) is 32.3 Å². The zero-order valence-electron chi connectivity index (χ0n) is 8.47. The average molecular weight is 216 g/mol. The van der Waals surface area contributed by atoms with E-state index in [4.69, 9.17) is 4.52 Å². The summed E-state index contributed by atoms with van der Waals surface area (Å²) in [6.07, 6.45) is 0. The predicted octanol–water partition coefficient (Wildman–Crippen LogP) is 1.69. The van der Waals surface area contributed by atoms with E-state index in [1.165, 1.54) is 0 Å². The first kappa shape index (κ1) is 8.96. The van der Waals surface area contributed by atoms with Crippen LogP contribution in [0.25, 0.3) is 21.9 Å². The lowest BCUT2D eigenvalue weighted by Gasteiger charge is -2.02. The van der Waals surface area contributed by atoms with E-state index >= 15 is 0 Å². The molecule has 0 aliphatic carbocycles. The Morgan fingerprint density at radius 3 is 2.94 bits per heavy atom. The molecular formula is C11H8N2O3. The van der Waals surface area contributed by atoms with Crippen LogP contribution < -0.4 is 5.56 Å². The Morgan fingerprint density at radius 1 is 1.38 bits per heavy atom. The summed E-state index contributed by atoms with van der Waals surface area (Å²) in [5.74, 6) is 0. The molecule has 3 aromatic rings. The number of aromatic nitrogens is 2. The summed E-state index contributed by atoms with van der Waals surface area (Å²) in [7, 11) is 0. The Morgan fingerprint density at radius 2 is 2.12 bits per heavy atom. The highest BCUT2D eigenvalue weighted by Crippen LogP contribution is 2.23. The van der Waals surface area contributed by atoms with Crippen molar-refractivity contribution >= 4 is 21.9 Å². The molecule has 0 atom stereocenters. The van der Waals surface area contributed by atoms with Crippen molar-refractivity contribution in [3.63, 3.8) is 0 Å². The number of hydrogen-bond donors (Lipinski definition) is 1. The number of aryl methyl sites for hydroxylation is 1. The first-order chi connectivity index (χ1) is 7.70. The zero-order valence-corrected chi connectivity index (χ0v) is 8.47. The van der Waals surface area contributed by atoms with Crippen LogP contribution in [0.4, 0.5) is 0 Å². The third-order valence-electron chi connectivity index (χ3n) is 2.65. The first-order valence-electron chi connectivity index (χ1n) is 4.79. The molecule has 1 N–H and O–H groups in total. The first-order valence-corrected chi connectivity index (χ1v) is 4.79. The van der Waals surface area contributed by atoms with Gasteiger partial charge in [0.1, 0.15) is 5.39 Å². The van der Waals surface area contributed by atoms with Crippen molar-refractivity contribution < 1.29 is 9.73 Å². The minimum Gasteiger partial charge on any atom is -0.425 e. The smallest absolute Gasteiger partial charge is 0.296 e. The third kappa shape index (κ3) is 0.942. The molecule has 0 saturated heterocycles. The summed E-state index contributed by atoms with van der Waals surface area (Å²) in [4.78, 5) is 11.8. The predicted molar refractivity (Wildman–Crippen MR) is 57.7 cm³/mol. The molecule has 0 amide bonds. The zero-order chi connectivity index (χ0) is 11.3. The molecule has 2 aromatic heterocycles. The number of nitrogens with zero attached hydrogens (tertiary/aromatic N) is 2. The topological polar surface area (TPSA) is 68.3 Å². The Hall–Kier alpha value is -2.30. The summed E-state index contributed by atoms with van der Waals surface area (Å²) in [6.45, 7) is 1.67. The molecule has 0 aliphatic rings. The summed E-state index contributed by atoms with van der Waals surface area (Å²) in [6, 6.07) is 6.97. The molecule has 0 spiro atoms. The van der Waals surface area contributed by atoms with Gasteiger partial charge in [-0.2, -0.15) is 0 Å². The van der Waals surface area contributed by atoms with Crippen LogP contribution in [0.3, 0.4) is 0 Å². The van der Waals surface area contributed by atoms with Gasteiger partial charge in [0, 0.05) is 5.39 Å². The summed E-state index contributed by atoms with van der Waals surface area (Å²) >= 11 is 0. The van der Waals surface area contributed by atoms with Crippen LogP contribution in [0.1, 0.15) is 5.69 Å². The van der Waals surface area contributed by atoms with E-state index in [1.807, 2.05) is 6.07 Å². The molecule has 0 fully saturated rings. The summed E-state index contributed by atoms with van der Waals surface area (Å²) in [5, 5.41) is 14.5. The van der Waals surface area contributed by atoms with Crippen LogP contribution in [0.15, 0.2) is 33.6 Å². The lowest BCUT2D eigenvalue weighted by atomic mass is 10.1. The summed E-state index contributed by atoms with van der Waals surface area (Å²) in [5.41, 5.74) is 0.806. The van der Waals surface area contributed by atoms with Gasteiger partial charge in [-0.05, 0) is 19.1 Å². The van der Waals surface area contributed by atoms with Crippen molar-refractivity contribution in [3.8, 4) is 0 Å². The van der Waals surface area contributed by atoms with Gasteiger partial charge in [-0.25, -0.2) is 0 Å². The van der Waals surface area contributed by atoms with Gasteiger partial charge in [0.15, 0.2) is 5.58 Å². The van der Waals surface area contributed by atoms with E-state index in [-0.39, 0.29) is 0 Å². The number of rotatable bonds is 0. The molecular weight excluding hydrogens is 208 g/mol. The second-order valence-corrected chi connectivity index (χ2v) is 3.61. The SMILES string of the molecule is Cc1noc2c1c(=O)n(O)c1ccccc21. The molecule has 0 saturated carbocycles. The average Bonchev–Trinajstić information content (AvgIpc) is 2.69. The van der Waals surface area contributed by atoms with Gasteiger partial charge >= 0.3 is 0 Å². The minimum atomic E-state index is -0.507.